The fourth-order valence-corrected chi connectivity index (χ4v) is 2.04. The first-order valence-corrected chi connectivity index (χ1v) is 7.56. The molecule has 0 atom stereocenters. The molecule has 0 heterocycles. The molecule has 8 heteroatoms. The van der Waals surface area contributed by atoms with Crippen molar-refractivity contribution in [1.82, 2.24) is 0 Å². The van der Waals surface area contributed by atoms with Crippen molar-refractivity contribution in [2.45, 2.75) is 6.18 Å². The molecule has 1 amide bonds. The van der Waals surface area contributed by atoms with Crippen LogP contribution in [0.15, 0.2) is 60.4 Å². The van der Waals surface area contributed by atoms with E-state index in [4.69, 9.17) is 10.5 Å². The zero-order valence-electron chi connectivity index (χ0n) is 13.5. The highest BCUT2D eigenvalue weighted by Crippen LogP contribution is 2.35. The summed E-state index contributed by atoms with van der Waals surface area (Å²) in [5.41, 5.74) is 4.49. The molecule has 2 rings (SSSR count). The lowest BCUT2D eigenvalue weighted by Gasteiger charge is -2.15. The number of nitrogens with one attached hydrogen (secondary N) is 1. The van der Waals surface area contributed by atoms with E-state index >= 15 is 0 Å². The van der Waals surface area contributed by atoms with Gasteiger partial charge in [-0.15, -0.1) is 0 Å². The summed E-state index contributed by atoms with van der Waals surface area (Å²) < 4.78 is 57.2. The van der Waals surface area contributed by atoms with Crippen LogP contribution in [0.5, 0.6) is 5.75 Å². The average molecular weight is 368 g/mol. The van der Waals surface area contributed by atoms with E-state index in [0.717, 1.165) is 18.2 Å². The average Bonchev–Trinajstić information content (AvgIpc) is 2.61. The Morgan fingerprint density at radius 1 is 1.15 bits per heavy atom. The topological polar surface area (TPSA) is 64.3 Å². The Kier molecular flexibility index (Phi) is 6.35. The van der Waals surface area contributed by atoms with Crippen LogP contribution in [0.25, 0.3) is 0 Å². The van der Waals surface area contributed by atoms with E-state index in [2.05, 4.69) is 5.32 Å². The predicted octanol–water partition coefficient (Wildman–Crippen LogP) is 4.15. The van der Waals surface area contributed by atoms with E-state index in [9.17, 15) is 22.4 Å². The van der Waals surface area contributed by atoms with E-state index in [1.54, 1.807) is 30.3 Å². The number of amides is 1. The number of anilines is 1. The Morgan fingerprint density at radius 2 is 1.85 bits per heavy atom. The number of rotatable bonds is 6. The van der Waals surface area contributed by atoms with Crippen molar-refractivity contribution in [3.8, 4) is 5.75 Å². The fourth-order valence-electron chi connectivity index (χ4n) is 2.04. The van der Waals surface area contributed by atoms with Crippen LogP contribution < -0.4 is 15.8 Å². The Labute approximate surface area is 147 Å². The Bertz CT molecular complexity index is 790. The lowest BCUT2D eigenvalue weighted by molar-refractivity contribution is -0.137. The number of ether oxygens (including phenoxy) is 1. The molecule has 0 radical (unpaired) electrons. The molecular formula is C18H16F4N2O2. The highest BCUT2D eigenvalue weighted by Gasteiger charge is 2.31. The molecule has 3 N–H and O–H groups in total. The van der Waals surface area contributed by atoms with Crippen LogP contribution >= 0.6 is 0 Å². The summed E-state index contributed by atoms with van der Waals surface area (Å²) in [7, 11) is 0. The third-order valence-corrected chi connectivity index (χ3v) is 3.30. The largest absolute Gasteiger partial charge is 0.484 e. The van der Waals surface area contributed by atoms with E-state index < -0.39 is 30.1 Å². The van der Waals surface area contributed by atoms with Crippen molar-refractivity contribution in [2.24, 2.45) is 5.73 Å². The highest BCUT2D eigenvalue weighted by molar-refractivity contribution is 6.05. The third kappa shape index (κ3) is 5.32. The smallest absolute Gasteiger partial charge is 0.416 e. The molecule has 4 nitrogen and oxygen atoms in total. The normalized spacial score (nSPS) is 12.0. The summed E-state index contributed by atoms with van der Waals surface area (Å²) in [6.45, 7) is -0.678. The SMILES string of the molecule is NC/C=C(/F)COc1cc(C(F)(F)F)ccc1NC(=O)c1ccccc1. The predicted molar refractivity (Wildman–Crippen MR) is 89.6 cm³/mol. The van der Waals surface area contributed by atoms with Gasteiger partial charge in [-0.1, -0.05) is 18.2 Å². The fraction of sp³-hybridized carbons (Fsp3) is 0.167. The van der Waals surface area contributed by atoms with Crippen LogP contribution in [-0.2, 0) is 6.18 Å². The molecule has 26 heavy (non-hydrogen) atoms. The maximum atomic E-state index is 13.4. The van der Waals surface area contributed by atoms with Crippen LogP contribution in [0.4, 0.5) is 23.2 Å². The lowest BCUT2D eigenvalue weighted by atomic mass is 10.1. The van der Waals surface area contributed by atoms with Gasteiger partial charge in [0, 0.05) is 12.1 Å². The first kappa shape index (κ1) is 19.5. The molecule has 2 aromatic carbocycles. The van der Waals surface area contributed by atoms with E-state index in [-0.39, 0.29) is 18.0 Å². The molecule has 0 saturated carbocycles. The summed E-state index contributed by atoms with van der Waals surface area (Å²) in [6, 6.07) is 10.7. The molecule has 138 valence electrons. The molecule has 0 unspecified atom stereocenters. The van der Waals surface area contributed by atoms with Crippen LogP contribution in [0.2, 0.25) is 0 Å². The van der Waals surface area contributed by atoms with Crippen LogP contribution in [0, 0.1) is 0 Å². The quantitative estimate of drug-likeness (QED) is 0.753. The zero-order chi connectivity index (χ0) is 19.2. The second kappa shape index (κ2) is 8.48. The van der Waals surface area contributed by atoms with Crippen molar-refractivity contribution >= 4 is 11.6 Å². The molecule has 0 spiro atoms. The maximum absolute atomic E-state index is 13.4. The van der Waals surface area contributed by atoms with Crippen molar-refractivity contribution in [1.29, 1.82) is 0 Å². The highest BCUT2D eigenvalue weighted by atomic mass is 19.4. The molecule has 0 aliphatic carbocycles. The van der Waals surface area contributed by atoms with Gasteiger partial charge in [0.15, 0.2) is 0 Å². The summed E-state index contributed by atoms with van der Waals surface area (Å²) in [5, 5.41) is 2.46. The Balaban J connectivity index is 2.28. The molecule has 0 fully saturated rings. The summed E-state index contributed by atoms with van der Waals surface area (Å²) >= 11 is 0. The first-order valence-electron chi connectivity index (χ1n) is 7.56. The van der Waals surface area contributed by atoms with E-state index in [0.29, 0.717) is 11.6 Å². The van der Waals surface area contributed by atoms with Gasteiger partial charge in [0.1, 0.15) is 18.2 Å². The minimum atomic E-state index is -4.61. The van der Waals surface area contributed by atoms with Gasteiger partial charge in [0.25, 0.3) is 5.91 Å². The number of halogens is 4. The van der Waals surface area contributed by atoms with Gasteiger partial charge in [-0.3, -0.25) is 4.79 Å². The molecule has 0 aliphatic rings. The Morgan fingerprint density at radius 3 is 2.46 bits per heavy atom. The molecule has 0 aliphatic heterocycles. The minimum Gasteiger partial charge on any atom is -0.484 e. The van der Waals surface area contributed by atoms with Crippen LogP contribution in [0.1, 0.15) is 15.9 Å². The van der Waals surface area contributed by atoms with Crippen LogP contribution in [0.3, 0.4) is 0 Å². The van der Waals surface area contributed by atoms with Gasteiger partial charge in [0.2, 0.25) is 0 Å². The number of nitrogens with two attached hydrogens (primary N) is 1. The van der Waals surface area contributed by atoms with Gasteiger partial charge in [-0.2, -0.15) is 13.2 Å². The third-order valence-electron chi connectivity index (χ3n) is 3.30. The number of carbonyl (C=O) groups is 1. The molecule has 0 saturated heterocycles. The second-order valence-corrected chi connectivity index (χ2v) is 5.20. The number of alkyl halides is 3. The van der Waals surface area contributed by atoms with E-state index in [1.165, 1.54) is 0 Å². The maximum Gasteiger partial charge on any atom is 0.416 e. The molecular weight excluding hydrogens is 352 g/mol. The number of hydrogen-bond acceptors (Lipinski definition) is 3. The summed E-state index contributed by atoms with van der Waals surface area (Å²) in [6.07, 6.45) is -3.57. The van der Waals surface area contributed by atoms with Gasteiger partial charge in [0.05, 0.1) is 11.3 Å². The number of benzene rings is 2. The summed E-state index contributed by atoms with van der Waals surface area (Å²) in [5.74, 6) is -1.57. The number of hydrogen-bond donors (Lipinski definition) is 2. The van der Waals surface area contributed by atoms with Crippen molar-refractivity contribution in [2.75, 3.05) is 18.5 Å². The van der Waals surface area contributed by atoms with Crippen molar-refractivity contribution < 1.29 is 27.1 Å². The van der Waals surface area contributed by atoms with Gasteiger partial charge in [-0.25, -0.2) is 4.39 Å². The number of carbonyl (C=O) groups excluding carboxylic acids is 1. The van der Waals surface area contributed by atoms with E-state index in [1.807, 2.05) is 0 Å². The standard InChI is InChI=1S/C18H16F4N2O2/c19-14(8-9-23)11-26-16-10-13(18(20,21)22)6-7-15(16)24-17(25)12-4-2-1-3-5-12/h1-8,10H,9,11,23H2,(H,24,25)/b14-8+. The monoisotopic (exact) mass is 368 g/mol. The molecule has 0 bridgehead atoms. The van der Waals surface area contributed by atoms with Crippen LogP contribution in [-0.4, -0.2) is 19.1 Å². The minimum absolute atomic E-state index is 0.00704. The molecule has 2 aromatic rings. The zero-order valence-corrected chi connectivity index (χ0v) is 13.5. The van der Waals surface area contributed by atoms with Gasteiger partial charge < -0.3 is 15.8 Å². The van der Waals surface area contributed by atoms with Gasteiger partial charge >= 0.3 is 6.18 Å². The van der Waals surface area contributed by atoms with Gasteiger partial charge in [-0.05, 0) is 36.4 Å². The Hall–Kier alpha value is -2.87. The van der Waals surface area contributed by atoms with Crippen molar-refractivity contribution in [3.05, 3.63) is 71.6 Å². The lowest BCUT2D eigenvalue weighted by Crippen LogP contribution is -2.14. The second-order valence-electron chi connectivity index (χ2n) is 5.20. The van der Waals surface area contributed by atoms with Crippen molar-refractivity contribution in [3.63, 3.8) is 0 Å². The summed E-state index contributed by atoms with van der Waals surface area (Å²) in [4.78, 5) is 12.2. The first-order chi connectivity index (χ1) is 12.3. The molecule has 0 aromatic heterocycles.